The van der Waals surface area contributed by atoms with Crippen LogP contribution in [0.3, 0.4) is 0 Å². The number of fused-ring (bicyclic) bond motifs is 1. The van der Waals surface area contributed by atoms with Gasteiger partial charge in [0.05, 0.1) is 11.1 Å². The molecule has 0 saturated heterocycles. The number of hydrogen-bond donors (Lipinski definition) is 2. The number of pyridine rings is 1. The van der Waals surface area contributed by atoms with Crippen molar-refractivity contribution in [3.8, 4) is 0 Å². The molecule has 0 amide bonds. The first kappa shape index (κ1) is 21.2. The van der Waals surface area contributed by atoms with Gasteiger partial charge in [0.2, 0.25) is 0 Å². The molecule has 0 fully saturated rings. The standard InChI is InChI=1S/C21H21ClN2O4S/c1-4-29-21-12(3)18(25)14-10-11(2)9-13(19(14)28-21)7-8-23-15-5-6-16(22)24-17(15)20(26)27/h5-6,9-10,23H,4,7-8H2,1-3H3,(H,26,27). The van der Waals surface area contributed by atoms with E-state index in [1.54, 1.807) is 13.0 Å². The number of aromatic carboxylic acids is 1. The van der Waals surface area contributed by atoms with E-state index in [-0.39, 0.29) is 16.3 Å². The van der Waals surface area contributed by atoms with Crippen LogP contribution >= 0.6 is 23.4 Å². The lowest BCUT2D eigenvalue weighted by Gasteiger charge is -2.12. The van der Waals surface area contributed by atoms with Crippen molar-refractivity contribution in [2.75, 3.05) is 17.6 Å². The Balaban J connectivity index is 1.93. The van der Waals surface area contributed by atoms with Crippen LogP contribution in [0.5, 0.6) is 0 Å². The molecular formula is C21H21ClN2O4S. The molecule has 2 heterocycles. The molecule has 3 rings (SSSR count). The predicted octanol–water partition coefficient (Wildman–Crippen LogP) is 4.92. The second-order valence-electron chi connectivity index (χ2n) is 6.59. The van der Waals surface area contributed by atoms with Gasteiger partial charge in [-0.05, 0) is 55.3 Å². The number of thioether (sulfide) groups is 1. The van der Waals surface area contributed by atoms with Crippen LogP contribution in [0.2, 0.25) is 5.15 Å². The number of nitrogens with zero attached hydrogens (tertiary/aromatic N) is 1. The number of carboxylic acids is 1. The van der Waals surface area contributed by atoms with Crippen LogP contribution in [0.25, 0.3) is 11.0 Å². The third kappa shape index (κ3) is 4.57. The van der Waals surface area contributed by atoms with Crippen molar-refractivity contribution < 1.29 is 14.3 Å². The zero-order chi connectivity index (χ0) is 21.1. The fourth-order valence-electron chi connectivity index (χ4n) is 3.13. The van der Waals surface area contributed by atoms with E-state index in [1.807, 2.05) is 26.0 Å². The molecule has 0 spiro atoms. The lowest BCUT2D eigenvalue weighted by molar-refractivity contribution is 0.0691. The Labute approximate surface area is 177 Å². The molecule has 2 aromatic heterocycles. The number of aromatic nitrogens is 1. The van der Waals surface area contributed by atoms with E-state index in [4.69, 9.17) is 16.0 Å². The first-order chi connectivity index (χ1) is 13.8. The van der Waals surface area contributed by atoms with E-state index >= 15 is 0 Å². The molecule has 0 atom stereocenters. The third-order valence-corrected chi connectivity index (χ3v) is 5.60. The Hall–Kier alpha value is -2.51. The number of carboxylic acid groups (broad SMARTS) is 1. The fraction of sp³-hybridized carbons (Fsp3) is 0.286. The Morgan fingerprint density at radius 1 is 1.31 bits per heavy atom. The molecule has 2 N–H and O–H groups in total. The maximum Gasteiger partial charge on any atom is 0.356 e. The lowest BCUT2D eigenvalue weighted by Crippen LogP contribution is -2.12. The van der Waals surface area contributed by atoms with E-state index in [9.17, 15) is 14.7 Å². The minimum Gasteiger partial charge on any atom is -0.476 e. The quantitative estimate of drug-likeness (QED) is 0.404. The number of rotatable bonds is 7. The number of halogens is 1. The van der Waals surface area contributed by atoms with Gasteiger partial charge < -0.3 is 14.8 Å². The number of aryl methyl sites for hydroxylation is 1. The average molecular weight is 433 g/mol. The van der Waals surface area contributed by atoms with Crippen LogP contribution in [0, 0.1) is 13.8 Å². The smallest absolute Gasteiger partial charge is 0.356 e. The maximum absolute atomic E-state index is 12.8. The summed E-state index contributed by atoms with van der Waals surface area (Å²) in [5, 5.41) is 13.7. The third-order valence-electron chi connectivity index (χ3n) is 4.45. The molecular weight excluding hydrogens is 412 g/mol. The Morgan fingerprint density at radius 3 is 2.76 bits per heavy atom. The summed E-state index contributed by atoms with van der Waals surface area (Å²) >= 11 is 7.30. The van der Waals surface area contributed by atoms with Crippen molar-refractivity contribution in [2.24, 2.45) is 0 Å². The van der Waals surface area contributed by atoms with E-state index in [0.717, 1.165) is 16.9 Å². The number of nitrogens with one attached hydrogen (secondary N) is 1. The van der Waals surface area contributed by atoms with Crippen LogP contribution in [-0.2, 0) is 6.42 Å². The van der Waals surface area contributed by atoms with Gasteiger partial charge in [0.1, 0.15) is 10.7 Å². The summed E-state index contributed by atoms with van der Waals surface area (Å²) in [4.78, 5) is 28.0. The van der Waals surface area contributed by atoms with Crippen molar-refractivity contribution in [1.82, 2.24) is 4.98 Å². The van der Waals surface area contributed by atoms with Crippen molar-refractivity contribution in [3.05, 3.63) is 62.0 Å². The molecule has 0 aliphatic rings. The van der Waals surface area contributed by atoms with Gasteiger partial charge in [-0.2, -0.15) is 0 Å². The molecule has 0 aliphatic carbocycles. The molecule has 3 aromatic rings. The van der Waals surface area contributed by atoms with Gasteiger partial charge in [0.25, 0.3) is 0 Å². The second kappa shape index (κ2) is 8.88. The van der Waals surface area contributed by atoms with Crippen molar-refractivity contribution in [2.45, 2.75) is 32.3 Å². The number of benzene rings is 1. The Morgan fingerprint density at radius 2 is 2.07 bits per heavy atom. The van der Waals surface area contributed by atoms with Crippen LogP contribution in [0.4, 0.5) is 5.69 Å². The molecule has 0 unspecified atom stereocenters. The van der Waals surface area contributed by atoms with E-state index in [2.05, 4.69) is 10.3 Å². The first-order valence-electron chi connectivity index (χ1n) is 9.15. The molecule has 152 valence electrons. The summed E-state index contributed by atoms with van der Waals surface area (Å²) in [6.07, 6.45) is 0.544. The van der Waals surface area contributed by atoms with Crippen molar-refractivity contribution in [3.63, 3.8) is 0 Å². The SMILES string of the molecule is CCSc1oc2c(CCNc3ccc(Cl)nc3C(=O)O)cc(C)cc2c(=O)c1C. The van der Waals surface area contributed by atoms with Crippen LogP contribution in [-0.4, -0.2) is 28.4 Å². The summed E-state index contributed by atoms with van der Waals surface area (Å²) < 4.78 is 6.09. The van der Waals surface area contributed by atoms with Crippen molar-refractivity contribution in [1.29, 1.82) is 0 Å². The van der Waals surface area contributed by atoms with Gasteiger partial charge in [-0.15, -0.1) is 0 Å². The number of carbonyl (C=O) groups is 1. The Kier molecular flexibility index (Phi) is 6.49. The van der Waals surface area contributed by atoms with Crippen molar-refractivity contribution >= 4 is 46.0 Å². The van der Waals surface area contributed by atoms with Crippen LogP contribution in [0.1, 0.15) is 34.1 Å². The molecule has 0 aliphatic heterocycles. The van der Waals surface area contributed by atoms with Crippen LogP contribution < -0.4 is 10.7 Å². The highest BCUT2D eigenvalue weighted by atomic mass is 35.5. The highest BCUT2D eigenvalue weighted by molar-refractivity contribution is 7.99. The molecule has 6 nitrogen and oxygen atoms in total. The van der Waals surface area contributed by atoms with E-state index in [0.29, 0.717) is 40.3 Å². The lowest BCUT2D eigenvalue weighted by atomic mass is 10.0. The van der Waals surface area contributed by atoms with Gasteiger partial charge >= 0.3 is 5.97 Å². The average Bonchev–Trinajstić information content (AvgIpc) is 2.67. The molecule has 29 heavy (non-hydrogen) atoms. The predicted molar refractivity (Wildman–Crippen MR) is 117 cm³/mol. The highest BCUT2D eigenvalue weighted by Crippen LogP contribution is 2.28. The normalized spacial score (nSPS) is 11.0. The summed E-state index contributed by atoms with van der Waals surface area (Å²) in [6, 6.07) is 6.96. The summed E-state index contributed by atoms with van der Waals surface area (Å²) in [6.45, 7) is 6.17. The monoisotopic (exact) mass is 432 g/mol. The first-order valence-corrected chi connectivity index (χ1v) is 10.5. The molecule has 0 bridgehead atoms. The zero-order valence-corrected chi connectivity index (χ0v) is 17.9. The van der Waals surface area contributed by atoms with Gasteiger partial charge in [0.15, 0.2) is 16.2 Å². The molecule has 0 radical (unpaired) electrons. The molecule has 1 aromatic carbocycles. The largest absolute Gasteiger partial charge is 0.476 e. The van der Waals surface area contributed by atoms with E-state index < -0.39 is 5.97 Å². The maximum atomic E-state index is 12.8. The zero-order valence-electron chi connectivity index (χ0n) is 16.3. The molecule has 0 saturated carbocycles. The summed E-state index contributed by atoms with van der Waals surface area (Å²) in [5.41, 5.74) is 3.30. The topological polar surface area (TPSA) is 92.4 Å². The van der Waals surface area contributed by atoms with E-state index in [1.165, 1.54) is 17.8 Å². The summed E-state index contributed by atoms with van der Waals surface area (Å²) in [5.74, 6) is -0.349. The van der Waals surface area contributed by atoms with Gasteiger partial charge in [0, 0.05) is 12.1 Å². The van der Waals surface area contributed by atoms with Gasteiger partial charge in [-0.3, -0.25) is 4.79 Å². The second-order valence-corrected chi connectivity index (χ2v) is 8.21. The van der Waals surface area contributed by atoms with Gasteiger partial charge in [-0.25, -0.2) is 9.78 Å². The minimum absolute atomic E-state index is 0.0184. The number of anilines is 1. The number of hydrogen-bond acceptors (Lipinski definition) is 6. The fourth-order valence-corrected chi connectivity index (χ4v) is 3.99. The van der Waals surface area contributed by atoms with Gasteiger partial charge in [-0.1, -0.05) is 36.4 Å². The Bertz CT molecular complexity index is 1140. The summed E-state index contributed by atoms with van der Waals surface area (Å²) in [7, 11) is 0. The highest BCUT2D eigenvalue weighted by Gasteiger charge is 2.16. The molecule has 8 heteroatoms. The minimum atomic E-state index is -1.15. The van der Waals surface area contributed by atoms with Crippen LogP contribution in [0.15, 0.2) is 38.6 Å².